The van der Waals surface area contributed by atoms with E-state index in [0.717, 1.165) is 22.8 Å². The molecule has 6 aromatic rings. The van der Waals surface area contributed by atoms with Gasteiger partial charge in [0.25, 0.3) is 17.9 Å². The van der Waals surface area contributed by atoms with E-state index in [0.29, 0.717) is 22.0 Å². The first-order chi connectivity index (χ1) is 28.4. The second kappa shape index (κ2) is 15.2. The summed E-state index contributed by atoms with van der Waals surface area (Å²) in [5.74, 6) is -9.23. The summed E-state index contributed by atoms with van der Waals surface area (Å²) in [6.07, 6.45) is -7.95. The quantitative estimate of drug-likeness (QED) is 0.0873. The largest absolute Gasteiger partial charge is 0.477 e. The summed E-state index contributed by atoms with van der Waals surface area (Å²) in [7, 11) is 1.55. The van der Waals surface area contributed by atoms with E-state index in [9.17, 15) is 40.3 Å². The van der Waals surface area contributed by atoms with E-state index < -0.39 is 96.9 Å². The smallest absolute Gasteiger partial charge is 0.392 e. The minimum Gasteiger partial charge on any atom is -0.477 e. The summed E-state index contributed by atoms with van der Waals surface area (Å²) >= 11 is 7.82. The Balaban J connectivity index is 1.31. The van der Waals surface area contributed by atoms with Crippen LogP contribution in [0.2, 0.25) is 5.02 Å². The zero-order chi connectivity index (χ0) is 43.0. The predicted octanol–water partition coefficient (Wildman–Crippen LogP) is 8.06. The fourth-order valence-electron chi connectivity index (χ4n) is 7.72. The molecule has 0 spiro atoms. The molecule has 2 aromatic carbocycles. The first kappa shape index (κ1) is 41.2. The zero-order valence-electron chi connectivity index (χ0n) is 30.9. The Morgan fingerprint density at radius 3 is 2.50 bits per heavy atom. The van der Waals surface area contributed by atoms with Crippen molar-refractivity contribution in [2.24, 2.45) is 13.0 Å². The number of nitrogens with one attached hydrogen (secondary N) is 2. The highest BCUT2D eigenvalue weighted by Crippen LogP contribution is 2.68. The van der Waals surface area contributed by atoms with Gasteiger partial charge in [-0.1, -0.05) is 23.5 Å². The predicted molar refractivity (Wildman–Crippen MR) is 201 cm³/mol. The zero-order valence-corrected chi connectivity index (χ0v) is 32.5. The molecule has 2 aliphatic carbocycles. The lowest BCUT2D eigenvalue weighted by Gasteiger charge is -2.24. The van der Waals surface area contributed by atoms with Gasteiger partial charge in [0, 0.05) is 43.3 Å². The number of ether oxygens (including phenoxy) is 1. The lowest BCUT2D eigenvalue weighted by molar-refractivity contribution is -0.139. The average Bonchev–Trinajstić information content (AvgIpc) is 3.69. The molecule has 0 radical (unpaired) electrons. The van der Waals surface area contributed by atoms with Crippen LogP contribution in [0.15, 0.2) is 47.3 Å². The van der Waals surface area contributed by atoms with Gasteiger partial charge in [0.15, 0.2) is 11.5 Å². The van der Waals surface area contributed by atoms with E-state index >= 15 is 8.78 Å². The number of hydrogen-bond acceptors (Lipinski definition) is 9. The molecule has 60 heavy (non-hydrogen) atoms. The normalized spacial score (nSPS) is 17.3. The Morgan fingerprint density at radius 1 is 1.08 bits per heavy atom. The molecule has 0 saturated heterocycles. The van der Waals surface area contributed by atoms with Gasteiger partial charge in [-0.2, -0.15) is 37.1 Å². The molecule has 12 nitrogen and oxygen atoms in total. The third-order valence-electron chi connectivity index (χ3n) is 10.2. The van der Waals surface area contributed by atoms with Gasteiger partial charge >= 0.3 is 6.18 Å². The van der Waals surface area contributed by atoms with E-state index in [-0.39, 0.29) is 56.5 Å². The van der Waals surface area contributed by atoms with Crippen molar-refractivity contribution in [2.75, 3.05) is 17.6 Å². The van der Waals surface area contributed by atoms with Crippen LogP contribution in [0, 0.1) is 17.6 Å². The Morgan fingerprint density at radius 2 is 1.82 bits per heavy atom. The minimum atomic E-state index is -4.56. The summed E-state index contributed by atoms with van der Waals surface area (Å²) in [6, 6.07) is 6.09. The van der Waals surface area contributed by atoms with Gasteiger partial charge in [-0.25, -0.2) is 22.5 Å². The molecular formula is C37H29ClF9N9O3S. The van der Waals surface area contributed by atoms with Crippen LogP contribution in [0.3, 0.4) is 0 Å². The Bertz CT molecular complexity index is 2740. The van der Waals surface area contributed by atoms with Crippen LogP contribution in [0.5, 0.6) is 5.88 Å². The number of amides is 1. The van der Waals surface area contributed by atoms with E-state index in [4.69, 9.17) is 16.3 Å². The number of fused-ring (bicyclic) bond motifs is 5. The first-order valence-electron chi connectivity index (χ1n) is 18.0. The first-order valence-corrected chi connectivity index (χ1v) is 19.6. The van der Waals surface area contributed by atoms with Gasteiger partial charge in [-0.15, -0.1) is 0 Å². The van der Waals surface area contributed by atoms with Gasteiger partial charge in [0.2, 0.25) is 11.8 Å². The van der Waals surface area contributed by atoms with Gasteiger partial charge in [0.05, 0.1) is 46.1 Å². The average molecular weight is 886 g/mol. The number of hydrogen-bond donors (Lipinski definition) is 2. The van der Waals surface area contributed by atoms with E-state index in [1.54, 1.807) is 13.3 Å². The molecule has 316 valence electrons. The highest BCUT2D eigenvalue weighted by Gasteiger charge is 2.67. The standard InChI is InChI=1S/C37H29ClF9N9O3S/c1-54-29-23(5-4-21(38)27(29)33(52-54)53-60-2)56-34(50-32-18(35(56)58)3-6-25(49-32)59-8-7-36(43,44)45)22(11-15-9-16(39)12-17(40)10-15)48-24(57)14-55-30-26(28(51-55)31(41)42)19-13-20(19)37(30,46)47/h3-6,9-10,12,19-20,22,31H,7-8,11,13-14H2,1-2H3,(H,48,57)(H,52,53). The van der Waals surface area contributed by atoms with Crippen molar-refractivity contribution in [3.8, 4) is 11.6 Å². The number of halogens is 10. The third-order valence-corrected chi connectivity index (χ3v) is 10.9. The molecular weight excluding hydrogens is 857 g/mol. The maximum absolute atomic E-state index is 15.4. The van der Waals surface area contributed by atoms with Crippen LogP contribution in [-0.2, 0) is 30.7 Å². The van der Waals surface area contributed by atoms with Crippen molar-refractivity contribution in [3.05, 3.63) is 97.8 Å². The fourth-order valence-corrected chi connectivity index (χ4v) is 8.29. The van der Waals surface area contributed by atoms with Crippen molar-refractivity contribution >= 4 is 57.2 Å². The third kappa shape index (κ3) is 7.47. The summed E-state index contributed by atoms with van der Waals surface area (Å²) in [5, 5.41) is 11.1. The van der Waals surface area contributed by atoms with E-state index in [2.05, 4.69) is 30.2 Å². The Labute approximate surface area is 341 Å². The fraction of sp³-hybridized carbons (Fsp3) is 0.351. The van der Waals surface area contributed by atoms with Crippen LogP contribution in [0.1, 0.15) is 59.6 Å². The number of rotatable bonds is 13. The molecule has 23 heteroatoms. The molecule has 0 aliphatic heterocycles. The molecule has 1 fully saturated rings. The van der Waals surface area contributed by atoms with Crippen molar-refractivity contribution in [3.63, 3.8) is 0 Å². The van der Waals surface area contributed by atoms with Crippen LogP contribution >= 0.6 is 23.5 Å². The Hall–Kier alpha value is -5.51. The number of benzene rings is 2. The van der Waals surface area contributed by atoms with Gasteiger partial charge in [0.1, 0.15) is 35.4 Å². The van der Waals surface area contributed by atoms with Gasteiger partial charge in [-0.05, 0) is 48.2 Å². The monoisotopic (exact) mass is 885 g/mol. The summed E-state index contributed by atoms with van der Waals surface area (Å²) in [4.78, 5) is 37.5. The van der Waals surface area contributed by atoms with Gasteiger partial charge < -0.3 is 14.8 Å². The van der Waals surface area contributed by atoms with E-state index in [1.165, 1.54) is 34.8 Å². The summed E-state index contributed by atoms with van der Waals surface area (Å²) in [6.45, 7) is -1.86. The molecule has 0 bridgehead atoms. The molecule has 3 unspecified atom stereocenters. The lowest BCUT2D eigenvalue weighted by atomic mass is 10.0. The number of aryl methyl sites for hydroxylation is 1. The van der Waals surface area contributed by atoms with Crippen LogP contribution in [0.25, 0.3) is 27.6 Å². The summed E-state index contributed by atoms with van der Waals surface area (Å²) in [5.41, 5.74) is -3.04. The van der Waals surface area contributed by atoms with Crippen LogP contribution < -0.4 is 20.3 Å². The van der Waals surface area contributed by atoms with Crippen LogP contribution in [-0.4, -0.2) is 59.0 Å². The second-order valence-corrected chi connectivity index (χ2v) is 15.2. The molecule has 2 aliphatic rings. The Kier molecular flexibility index (Phi) is 10.4. The molecule has 4 aromatic heterocycles. The van der Waals surface area contributed by atoms with Crippen molar-refractivity contribution in [1.82, 2.24) is 39.4 Å². The summed E-state index contributed by atoms with van der Waals surface area (Å²) < 4.78 is 138. The number of carbonyl (C=O) groups is 1. The van der Waals surface area contributed by atoms with Crippen molar-refractivity contribution in [1.29, 1.82) is 0 Å². The van der Waals surface area contributed by atoms with E-state index in [1.807, 2.05) is 0 Å². The maximum Gasteiger partial charge on any atom is 0.392 e. The number of pyridine rings is 1. The molecule has 4 heterocycles. The molecule has 1 amide bonds. The molecule has 1 saturated carbocycles. The van der Waals surface area contributed by atoms with Crippen molar-refractivity contribution in [2.45, 2.75) is 56.3 Å². The topological polar surface area (TPSA) is 134 Å². The lowest BCUT2D eigenvalue weighted by Crippen LogP contribution is -2.38. The highest BCUT2D eigenvalue weighted by atomic mass is 35.5. The van der Waals surface area contributed by atoms with Gasteiger partial charge in [-0.3, -0.25) is 23.5 Å². The molecule has 3 atom stereocenters. The minimum absolute atomic E-state index is 0.0262. The van der Waals surface area contributed by atoms with Crippen molar-refractivity contribution < 1.29 is 49.0 Å². The molecule has 2 N–H and O–H groups in total. The number of alkyl halides is 7. The SMILES string of the molecule is CSNc1nn(C)c2c(-n3c(C(Cc4cc(F)cc(F)c4)NC(=O)Cn4nc(C(F)F)c5c4C(F)(F)C4CC54)nc4nc(OCCC(F)(F)F)ccc4c3=O)ccc(Cl)c12. The molecule has 8 rings (SSSR count). The highest BCUT2D eigenvalue weighted by molar-refractivity contribution is 7.99. The number of carbonyl (C=O) groups excluding carboxylic acids is 1. The van der Waals surface area contributed by atoms with Crippen LogP contribution in [0.4, 0.5) is 45.3 Å². The number of nitrogens with zero attached hydrogens (tertiary/aromatic N) is 7. The second-order valence-electron chi connectivity index (χ2n) is 14.2. The maximum atomic E-state index is 15.4. The number of anilines is 1. The number of aromatic nitrogens is 7.